The zero-order valence-electron chi connectivity index (χ0n) is 10.2. The van der Waals surface area contributed by atoms with Gasteiger partial charge in [-0.1, -0.05) is 0 Å². The quantitative estimate of drug-likeness (QED) is 0.286. The van der Waals surface area contributed by atoms with Crippen molar-refractivity contribution in [1.29, 1.82) is 0 Å². The van der Waals surface area contributed by atoms with Crippen molar-refractivity contribution in [1.82, 2.24) is 0 Å². The van der Waals surface area contributed by atoms with Gasteiger partial charge in [-0.2, -0.15) is 0 Å². The topological polar surface area (TPSA) is 95.5 Å². The summed E-state index contributed by atoms with van der Waals surface area (Å²) in [5.41, 5.74) is 4.80. The number of hydrogen-bond donors (Lipinski definition) is 1. The van der Waals surface area contributed by atoms with Crippen molar-refractivity contribution in [2.75, 3.05) is 5.73 Å². The van der Waals surface area contributed by atoms with E-state index in [4.69, 9.17) is 10.5 Å². The summed E-state index contributed by atoms with van der Waals surface area (Å²) in [6, 6.07) is 2.60. The Morgan fingerprint density at radius 3 is 2.44 bits per heavy atom. The molecule has 2 N–H and O–H groups in total. The highest BCUT2D eigenvalue weighted by Crippen LogP contribution is 2.29. The summed E-state index contributed by atoms with van der Waals surface area (Å²) < 4.78 is 5.59. The summed E-state index contributed by atoms with van der Waals surface area (Å²) >= 11 is 1.84. The number of nitrogens with zero attached hydrogens (tertiary/aromatic N) is 1. The lowest BCUT2D eigenvalue weighted by Crippen LogP contribution is -2.24. The van der Waals surface area contributed by atoms with Gasteiger partial charge in [0.25, 0.3) is 5.69 Å². The zero-order chi connectivity index (χ0) is 14.1. The molecule has 0 unspecified atom stereocenters. The Bertz CT molecular complexity index is 509. The van der Waals surface area contributed by atoms with Crippen molar-refractivity contribution in [2.45, 2.75) is 26.4 Å². The van der Waals surface area contributed by atoms with Gasteiger partial charge in [-0.25, -0.2) is 4.79 Å². The average Bonchev–Trinajstić information content (AvgIpc) is 2.18. The molecule has 0 fully saturated rings. The molecule has 0 aliphatic heterocycles. The minimum Gasteiger partial charge on any atom is -0.456 e. The van der Waals surface area contributed by atoms with Crippen LogP contribution < -0.4 is 5.73 Å². The van der Waals surface area contributed by atoms with Crippen LogP contribution in [0, 0.1) is 13.7 Å². The molecular weight excluding hydrogens is 351 g/mol. The standard InChI is InChI=1S/C11H13IN2O4/c1-11(2,3)18-10(15)6-4-7(12)9(13)8(5-6)14(16)17/h4-5H,13H2,1-3H3. The van der Waals surface area contributed by atoms with E-state index in [2.05, 4.69) is 0 Å². The fraction of sp³-hybridized carbons (Fsp3) is 0.364. The molecule has 0 bridgehead atoms. The number of hydrogen-bond acceptors (Lipinski definition) is 5. The van der Waals surface area contributed by atoms with Crippen LogP contribution in [0.3, 0.4) is 0 Å². The van der Waals surface area contributed by atoms with Crippen molar-refractivity contribution in [3.63, 3.8) is 0 Å². The molecule has 0 aromatic heterocycles. The molecular formula is C11H13IN2O4. The van der Waals surface area contributed by atoms with Crippen LogP contribution in [0.15, 0.2) is 12.1 Å². The molecule has 18 heavy (non-hydrogen) atoms. The molecule has 1 aromatic rings. The lowest BCUT2D eigenvalue weighted by atomic mass is 10.1. The molecule has 0 saturated carbocycles. The summed E-state index contributed by atoms with van der Waals surface area (Å²) in [7, 11) is 0. The van der Waals surface area contributed by atoms with Crippen LogP contribution in [0.2, 0.25) is 0 Å². The maximum atomic E-state index is 11.8. The first-order valence-corrected chi connectivity index (χ1v) is 6.16. The summed E-state index contributed by atoms with van der Waals surface area (Å²) in [4.78, 5) is 22.0. The third kappa shape index (κ3) is 3.56. The number of nitro benzene ring substituents is 1. The van der Waals surface area contributed by atoms with E-state index >= 15 is 0 Å². The molecule has 7 heteroatoms. The molecule has 0 aliphatic carbocycles. The minimum atomic E-state index is -0.654. The predicted octanol–water partition coefficient (Wildman–Crippen LogP) is 2.74. The van der Waals surface area contributed by atoms with E-state index in [1.165, 1.54) is 6.07 Å². The highest BCUT2D eigenvalue weighted by atomic mass is 127. The van der Waals surface area contributed by atoms with Crippen LogP contribution in [-0.4, -0.2) is 16.5 Å². The number of nitrogens with two attached hydrogens (primary N) is 1. The molecule has 0 spiro atoms. The minimum absolute atomic E-state index is 0.0490. The Morgan fingerprint density at radius 1 is 1.44 bits per heavy atom. The Hall–Kier alpha value is -1.38. The first-order valence-electron chi connectivity index (χ1n) is 5.08. The van der Waals surface area contributed by atoms with Gasteiger partial charge in [-0.05, 0) is 49.4 Å². The smallest absolute Gasteiger partial charge is 0.338 e. The van der Waals surface area contributed by atoms with Crippen LogP contribution in [-0.2, 0) is 4.74 Å². The van der Waals surface area contributed by atoms with E-state index in [-0.39, 0.29) is 16.9 Å². The molecule has 0 amide bonds. The Balaban J connectivity index is 3.19. The van der Waals surface area contributed by atoms with Gasteiger partial charge < -0.3 is 10.5 Å². The average molecular weight is 364 g/mol. The molecule has 0 aliphatic rings. The number of anilines is 1. The van der Waals surface area contributed by atoms with Crippen molar-refractivity contribution < 1.29 is 14.5 Å². The number of ether oxygens (including phenoxy) is 1. The van der Waals surface area contributed by atoms with Crippen molar-refractivity contribution in [3.8, 4) is 0 Å². The SMILES string of the molecule is CC(C)(C)OC(=O)c1cc(I)c(N)c([N+](=O)[O-])c1. The van der Waals surface area contributed by atoms with Gasteiger partial charge in [0.05, 0.1) is 10.5 Å². The van der Waals surface area contributed by atoms with Gasteiger partial charge in [0, 0.05) is 9.64 Å². The Morgan fingerprint density at radius 2 is 2.00 bits per heavy atom. The fourth-order valence-corrected chi connectivity index (χ4v) is 1.82. The molecule has 1 rings (SSSR count). The van der Waals surface area contributed by atoms with Gasteiger partial charge in [0.2, 0.25) is 0 Å². The second-order valence-electron chi connectivity index (χ2n) is 4.65. The molecule has 0 atom stereocenters. The third-order valence-corrected chi connectivity index (χ3v) is 2.83. The Kier molecular flexibility index (Phi) is 4.15. The van der Waals surface area contributed by atoms with E-state index < -0.39 is 16.5 Å². The number of carbonyl (C=O) groups is 1. The third-order valence-electron chi connectivity index (χ3n) is 1.94. The number of esters is 1. The number of nitro groups is 1. The number of benzene rings is 1. The fourth-order valence-electron chi connectivity index (χ4n) is 1.21. The predicted molar refractivity (Wildman–Crippen MR) is 75.4 cm³/mol. The maximum absolute atomic E-state index is 11.8. The van der Waals surface area contributed by atoms with Gasteiger partial charge in [-0.3, -0.25) is 10.1 Å². The Labute approximate surface area is 118 Å². The molecule has 1 aromatic carbocycles. The molecule has 6 nitrogen and oxygen atoms in total. The van der Waals surface area contributed by atoms with Crippen molar-refractivity contribution in [3.05, 3.63) is 31.4 Å². The number of carbonyl (C=O) groups excluding carboxylic acids is 1. The second kappa shape index (κ2) is 5.09. The first kappa shape index (κ1) is 14.7. The van der Waals surface area contributed by atoms with E-state index in [9.17, 15) is 14.9 Å². The van der Waals surface area contributed by atoms with Crippen molar-refractivity contribution in [2.24, 2.45) is 0 Å². The van der Waals surface area contributed by atoms with E-state index in [1.54, 1.807) is 20.8 Å². The largest absolute Gasteiger partial charge is 0.456 e. The summed E-state index contributed by atoms with van der Waals surface area (Å²) in [5, 5.41) is 10.8. The number of nitrogen functional groups attached to an aromatic ring is 1. The molecule has 98 valence electrons. The summed E-state index contributed by atoms with van der Waals surface area (Å²) in [6.07, 6.45) is 0. The van der Waals surface area contributed by atoms with Gasteiger partial charge in [-0.15, -0.1) is 0 Å². The highest BCUT2D eigenvalue weighted by Gasteiger charge is 2.23. The first-order chi connectivity index (χ1) is 8.11. The van der Waals surface area contributed by atoms with E-state index in [0.717, 1.165) is 6.07 Å². The summed E-state index contributed by atoms with van der Waals surface area (Å²) in [5.74, 6) is -0.608. The molecule has 0 heterocycles. The van der Waals surface area contributed by atoms with Crippen LogP contribution in [0.25, 0.3) is 0 Å². The molecule has 0 saturated heterocycles. The van der Waals surface area contributed by atoms with E-state index in [0.29, 0.717) is 3.57 Å². The van der Waals surface area contributed by atoms with Crippen molar-refractivity contribution >= 4 is 39.9 Å². The maximum Gasteiger partial charge on any atom is 0.338 e. The van der Waals surface area contributed by atoms with Gasteiger partial charge in [0.1, 0.15) is 11.3 Å². The highest BCUT2D eigenvalue weighted by molar-refractivity contribution is 14.1. The number of rotatable bonds is 2. The van der Waals surface area contributed by atoms with E-state index in [1.807, 2.05) is 22.6 Å². The number of halogens is 1. The van der Waals surface area contributed by atoms with Gasteiger partial charge >= 0.3 is 5.97 Å². The molecule has 0 radical (unpaired) electrons. The van der Waals surface area contributed by atoms with Crippen LogP contribution in [0.5, 0.6) is 0 Å². The van der Waals surface area contributed by atoms with Crippen LogP contribution in [0.1, 0.15) is 31.1 Å². The second-order valence-corrected chi connectivity index (χ2v) is 5.81. The normalized spacial score (nSPS) is 11.1. The monoisotopic (exact) mass is 364 g/mol. The lowest BCUT2D eigenvalue weighted by molar-refractivity contribution is -0.384. The lowest BCUT2D eigenvalue weighted by Gasteiger charge is -2.19. The van der Waals surface area contributed by atoms with Crippen LogP contribution >= 0.6 is 22.6 Å². The van der Waals surface area contributed by atoms with Gasteiger partial charge in [0.15, 0.2) is 0 Å². The zero-order valence-corrected chi connectivity index (χ0v) is 12.3. The van der Waals surface area contributed by atoms with Crippen LogP contribution in [0.4, 0.5) is 11.4 Å². The summed E-state index contributed by atoms with van der Waals surface area (Å²) in [6.45, 7) is 5.17.